The van der Waals surface area contributed by atoms with Crippen LogP contribution in [0.5, 0.6) is 0 Å². The number of carbonyl (C=O) groups is 1. The van der Waals surface area contributed by atoms with Gasteiger partial charge >= 0.3 is 5.97 Å². The van der Waals surface area contributed by atoms with Crippen molar-refractivity contribution >= 4 is 5.97 Å². The first-order valence-electron chi connectivity index (χ1n) is 4.22. The highest BCUT2D eigenvalue weighted by Crippen LogP contribution is 2.22. The SMILES string of the molecule is C=C1C[C@@H]([C@@H](O)CCC)OC1=O. The van der Waals surface area contributed by atoms with Gasteiger partial charge < -0.3 is 9.84 Å². The van der Waals surface area contributed by atoms with Gasteiger partial charge in [-0.05, 0) is 6.42 Å². The highest BCUT2D eigenvalue weighted by atomic mass is 16.6. The first-order chi connectivity index (χ1) is 5.65. The summed E-state index contributed by atoms with van der Waals surface area (Å²) in [5, 5.41) is 9.47. The van der Waals surface area contributed by atoms with E-state index in [1.165, 1.54) is 0 Å². The predicted octanol–water partition coefficient (Wildman–Crippen LogP) is 1.02. The first kappa shape index (κ1) is 9.26. The Kier molecular flexibility index (Phi) is 2.87. The first-order valence-corrected chi connectivity index (χ1v) is 4.22. The summed E-state index contributed by atoms with van der Waals surface area (Å²) in [7, 11) is 0. The summed E-state index contributed by atoms with van der Waals surface area (Å²) in [6.07, 6.45) is 1.15. The molecule has 1 saturated heterocycles. The predicted molar refractivity (Wildman–Crippen MR) is 44.6 cm³/mol. The molecule has 0 aliphatic carbocycles. The molecular formula is C9H14O3. The Morgan fingerprint density at radius 1 is 1.83 bits per heavy atom. The smallest absolute Gasteiger partial charge is 0.333 e. The van der Waals surface area contributed by atoms with Gasteiger partial charge in [0.15, 0.2) is 0 Å². The van der Waals surface area contributed by atoms with Crippen molar-refractivity contribution in [2.24, 2.45) is 0 Å². The van der Waals surface area contributed by atoms with Crippen molar-refractivity contribution < 1.29 is 14.6 Å². The molecule has 1 rings (SSSR count). The molecule has 3 heteroatoms. The van der Waals surface area contributed by atoms with E-state index in [0.29, 0.717) is 18.4 Å². The number of rotatable bonds is 3. The highest BCUT2D eigenvalue weighted by molar-refractivity contribution is 5.89. The lowest BCUT2D eigenvalue weighted by molar-refractivity contribution is -0.143. The molecule has 1 aliphatic rings. The zero-order valence-corrected chi connectivity index (χ0v) is 7.25. The third-order valence-electron chi connectivity index (χ3n) is 2.01. The van der Waals surface area contributed by atoms with Gasteiger partial charge in [-0.2, -0.15) is 0 Å². The molecule has 0 aromatic carbocycles. The molecule has 1 heterocycles. The molecule has 1 N–H and O–H groups in total. The molecular weight excluding hydrogens is 156 g/mol. The maximum Gasteiger partial charge on any atom is 0.333 e. The Bertz CT molecular complexity index is 182. The second-order valence-electron chi connectivity index (χ2n) is 3.11. The van der Waals surface area contributed by atoms with Crippen molar-refractivity contribution in [3.05, 3.63) is 12.2 Å². The van der Waals surface area contributed by atoms with Crippen LogP contribution in [0.25, 0.3) is 0 Å². The number of hydrogen-bond donors (Lipinski definition) is 1. The van der Waals surface area contributed by atoms with Gasteiger partial charge in [0, 0.05) is 12.0 Å². The quantitative estimate of drug-likeness (QED) is 0.508. The minimum absolute atomic E-state index is 0.357. The largest absolute Gasteiger partial charge is 0.456 e. The highest BCUT2D eigenvalue weighted by Gasteiger charge is 2.32. The van der Waals surface area contributed by atoms with Crippen LogP contribution in [0.3, 0.4) is 0 Å². The van der Waals surface area contributed by atoms with Crippen molar-refractivity contribution in [3.8, 4) is 0 Å². The maximum atomic E-state index is 10.9. The summed E-state index contributed by atoms with van der Waals surface area (Å²) < 4.78 is 4.90. The number of esters is 1. The molecule has 0 bridgehead atoms. The van der Waals surface area contributed by atoms with Crippen molar-refractivity contribution in [3.63, 3.8) is 0 Å². The molecule has 0 aromatic rings. The second kappa shape index (κ2) is 3.72. The van der Waals surface area contributed by atoms with E-state index in [9.17, 15) is 9.90 Å². The van der Waals surface area contributed by atoms with E-state index < -0.39 is 6.10 Å². The molecule has 1 aliphatic heterocycles. The Labute approximate surface area is 72.0 Å². The fourth-order valence-corrected chi connectivity index (χ4v) is 1.28. The molecule has 0 radical (unpaired) electrons. The van der Waals surface area contributed by atoms with Crippen LogP contribution in [0.1, 0.15) is 26.2 Å². The molecule has 12 heavy (non-hydrogen) atoms. The minimum atomic E-state index is -0.529. The molecule has 68 valence electrons. The molecule has 0 spiro atoms. The van der Waals surface area contributed by atoms with Gasteiger partial charge in [-0.3, -0.25) is 0 Å². The Morgan fingerprint density at radius 3 is 2.92 bits per heavy atom. The lowest BCUT2D eigenvalue weighted by Gasteiger charge is -2.14. The molecule has 3 nitrogen and oxygen atoms in total. The Balaban J connectivity index is 2.45. The monoisotopic (exact) mass is 170 g/mol. The average Bonchev–Trinajstić information content (AvgIpc) is 2.33. The lowest BCUT2D eigenvalue weighted by atomic mass is 10.1. The van der Waals surface area contributed by atoms with Crippen LogP contribution in [0.15, 0.2) is 12.2 Å². The zero-order chi connectivity index (χ0) is 9.14. The third-order valence-corrected chi connectivity index (χ3v) is 2.01. The topological polar surface area (TPSA) is 46.5 Å². The number of aliphatic hydroxyl groups is 1. The normalized spacial score (nSPS) is 25.7. The van der Waals surface area contributed by atoms with Gasteiger partial charge in [0.25, 0.3) is 0 Å². The molecule has 0 saturated carbocycles. The summed E-state index contributed by atoms with van der Waals surface area (Å²) in [4.78, 5) is 10.9. The fourth-order valence-electron chi connectivity index (χ4n) is 1.28. The van der Waals surface area contributed by atoms with Crippen LogP contribution in [-0.4, -0.2) is 23.3 Å². The van der Waals surface area contributed by atoms with E-state index in [1.54, 1.807) is 0 Å². The number of cyclic esters (lactones) is 1. The van der Waals surface area contributed by atoms with Crippen LogP contribution in [0, 0.1) is 0 Å². The summed E-state index contributed by atoms with van der Waals surface area (Å²) in [6, 6.07) is 0. The number of aliphatic hydroxyl groups excluding tert-OH is 1. The van der Waals surface area contributed by atoms with Crippen LogP contribution < -0.4 is 0 Å². The minimum Gasteiger partial charge on any atom is -0.456 e. The molecule has 0 unspecified atom stereocenters. The second-order valence-corrected chi connectivity index (χ2v) is 3.11. The number of carbonyl (C=O) groups excluding carboxylic acids is 1. The van der Waals surface area contributed by atoms with E-state index in [0.717, 1.165) is 6.42 Å². The van der Waals surface area contributed by atoms with Gasteiger partial charge in [0.1, 0.15) is 6.10 Å². The number of hydrogen-bond acceptors (Lipinski definition) is 3. The van der Waals surface area contributed by atoms with E-state index >= 15 is 0 Å². The van der Waals surface area contributed by atoms with E-state index in [-0.39, 0.29) is 12.1 Å². The van der Waals surface area contributed by atoms with Crippen LogP contribution in [0.4, 0.5) is 0 Å². The molecule has 2 atom stereocenters. The molecule has 1 fully saturated rings. The summed E-state index contributed by atoms with van der Waals surface area (Å²) >= 11 is 0. The van der Waals surface area contributed by atoms with Gasteiger partial charge in [0.05, 0.1) is 6.10 Å². The van der Waals surface area contributed by atoms with Gasteiger partial charge in [-0.15, -0.1) is 0 Å². The standard InChI is InChI=1S/C9H14O3/c1-3-4-7(10)8-5-6(2)9(11)12-8/h7-8,10H,2-5H2,1H3/t7-,8-/m0/s1. The van der Waals surface area contributed by atoms with Gasteiger partial charge in [-0.25, -0.2) is 4.79 Å². The van der Waals surface area contributed by atoms with E-state index in [1.807, 2.05) is 6.92 Å². The fraction of sp³-hybridized carbons (Fsp3) is 0.667. The zero-order valence-electron chi connectivity index (χ0n) is 7.25. The van der Waals surface area contributed by atoms with Crippen molar-refractivity contribution in [2.45, 2.75) is 38.4 Å². The van der Waals surface area contributed by atoms with E-state index in [2.05, 4.69) is 6.58 Å². The Morgan fingerprint density at radius 2 is 2.50 bits per heavy atom. The van der Waals surface area contributed by atoms with Gasteiger partial charge in [-0.1, -0.05) is 19.9 Å². The van der Waals surface area contributed by atoms with Crippen LogP contribution in [0.2, 0.25) is 0 Å². The summed E-state index contributed by atoms with van der Waals surface area (Å²) in [5.41, 5.74) is 0.468. The van der Waals surface area contributed by atoms with Crippen LogP contribution >= 0.6 is 0 Å². The van der Waals surface area contributed by atoms with Crippen molar-refractivity contribution in [1.82, 2.24) is 0 Å². The third kappa shape index (κ3) is 1.85. The van der Waals surface area contributed by atoms with Gasteiger partial charge in [0.2, 0.25) is 0 Å². The average molecular weight is 170 g/mol. The lowest BCUT2D eigenvalue weighted by Crippen LogP contribution is -2.25. The molecule has 0 aromatic heterocycles. The van der Waals surface area contributed by atoms with Crippen molar-refractivity contribution in [1.29, 1.82) is 0 Å². The summed E-state index contributed by atoms with van der Waals surface area (Å²) in [6.45, 7) is 5.52. The Hall–Kier alpha value is -0.830. The summed E-state index contributed by atoms with van der Waals surface area (Å²) in [5.74, 6) is -0.366. The molecule has 0 amide bonds. The van der Waals surface area contributed by atoms with Crippen molar-refractivity contribution in [2.75, 3.05) is 0 Å². The maximum absolute atomic E-state index is 10.9. The number of ether oxygens (including phenoxy) is 1. The van der Waals surface area contributed by atoms with Crippen LogP contribution in [-0.2, 0) is 9.53 Å². The van der Waals surface area contributed by atoms with E-state index in [4.69, 9.17) is 4.74 Å².